The van der Waals surface area contributed by atoms with Crippen LogP contribution < -0.4 is 15.4 Å². The van der Waals surface area contributed by atoms with Gasteiger partial charge in [0.15, 0.2) is 5.82 Å². The Morgan fingerprint density at radius 3 is 2.54 bits per heavy atom. The van der Waals surface area contributed by atoms with Crippen molar-refractivity contribution < 1.29 is 13.9 Å². The van der Waals surface area contributed by atoms with Gasteiger partial charge in [-0.3, -0.25) is 9.78 Å². The van der Waals surface area contributed by atoms with Crippen LogP contribution >= 0.6 is 18.5 Å². The van der Waals surface area contributed by atoms with Crippen molar-refractivity contribution in [3.63, 3.8) is 0 Å². The molecular weight excluding hydrogens is 507 g/mol. The van der Waals surface area contributed by atoms with Crippen LogP contribution in [-0.4, -0.2) is 33.1 Å². The van der Waals surface area contributed by atoms with Crippen molar-refractivity contribution in [2.24, 2.45) is 5.92 Å². The second-order valence-electron chi connectivity index (χ2n) is 9.97. The van der Waals surface area contributed by atoms with E-state index in [0.717, 1.165) is 16.7 Å². The fourth-order valence-electron chi connectivity index (χ4n) is 4.05. The number of halogens is 1. The Balaban J connectivity index is 1.80. The molecule has 0 bridgehead atoms. The number of pyridine rings is 1. The number of aryl methyl sites for hydroxylation is 1. The fourth-order valence-corrected chi connectivity index (χ4v) is 4.37. The number of benzene rings is 1. The lowest BCUT2D eigenvalue weighted by atomic mass is 10.0. The third-order valence-corrected chi connectivity index (χ3v) is 6.57. The number of nitrogens with one attached hydrogen (secondary N) is 2. The molecule has 4 rings (SSSR count). The summed E-state index contributed by atoms with van der Waals surface area (Å²) in [5.74, 6) is -1.75. The standard InChI is InChI=1S/C27H32FN5O2P2/c1-15-7-18(9-21(8-15)35-26(4,5)28)23-11-24(31-25(34)22-14-30-17(3)16(22)2)32-33(23)20-10-19(12-29-13-20)27(6,36)37/h7-13,22,30H,2-3,14,36-37H2,1,4-6H3,(H,31,32,34)/t22-/m0/s1. The summed E-state index contributed by atoms with van der Waals surface area (Å²) in [6.07, 6.45) is 3.50. The zero-order valence-corrected chi connectivity index (χ0v) is 23.7. The zero-order valence-electron chi connectivity index (χ0n) is 21.4. The van der Waals surface area contributed by atoms with E-state index in [1.54, 1.807) is 35.3 Å². The first-order chi connectivity index (χ1) is 17.2. The van der Waals surface area contributed by atoms with E-state index < -0.39 is 11.8 Å². The van der Waals surface area contributed by atoms with E-state index in [1.807, 2.05) is 26.0 Å². The van der Waals surface area contributed by atoms with Crippen LogP contribution in [0.15, 0.2) is 67.2 Å². The Kier molecular flexibility index (Phi) is 7.29. The van der Waals surface area contributed by atoms with Crippen LogP contribution in [0.3, 0.4) is 0 Å². The van der Waals surface area contributed by atoms with Gasteiger partial charge in [0.05, 0.1) is 23.5 Å². The summed E-state index contributed by atoms with van der Waals surface area (Å²) >= 11 is 0. The quantitative estimate of drug-likeness (QED) is 0.389. The Morgan fingerprint density at radius 2 is 1.92 bits per heavy atom. The number of carbonyl (C=O) groups excluding carboxylic acids is 1. The van der Waals surface area contributed by atoms with Crippen LogP contribution in [-0.2, 0) is 9.69 Å². The molecule has 37 heavy (non-hydrogen) atoms. The third-order valence-electron chi connectivity index (χ3n) is 5.90. The number of anilines is 1. The van der Waals surface area contributed by atoms with Crippen LogP contribution in [0.1, 0.15) is 31.9 Å². The molecule has 1 fully saturated rings. The molecule has 0 saturated carbocycles. The number of rotatable bonds is 7. The normalized spacial score (nSPS) is 16.0. The number of allylic oxidation sites excluding steroid dienone is 1. The maximum Gasteiger partial charge on any atom is 0.242 e. The number of ether oxygens (including phenoxy) is 1. The number of alkyl halides is 1. The van der Waals surface area contributed by atoms with Crippen LogP contribution in [0.4, 0.5) is 10.2 Å². The van der Waals surface area contributed by atoms with Crippen LogP contribution in [0, 0.1) is 12.8 Å². The largest absolute Gasteiger partial charge is 0.459 e. The van der Waals surface area contributed by atoms with Crippen molar-refractivity contribution in [3.8, 4) is 22.7 Å². The number of carbonyl (C=O) groups is 1. The molecular formula is C27H32FN5O2P2. The van der Waals surface area contributed by atoms with E-state index in [9.17, 15) is 9.18 Å². The lowest BCUT2D eigenvalue weighted by molar-refractivity contribution is -0.118. The summed E-state index contributed by atoms with van der Waals surface area (Å²) < 4.78 is 21.5. The minimum absolute atomic E-state index is 0.228. The van der Waals surface area contributed by atoms with E-state index in [0.29, 0.717) is 40.8 Å². The number of hydrogen-bond acceptors (Lipinski definition) is 5. The molecule has 7 nitrogen and oxygen atoms in total. The smallest absolute Gasteiger partial charge is 0.242 e. The van der Waals surface area contributed by atoms with Crippen molar-refractivity contribution in [2.45, 2.75) is 38.4 Å². The summed E-state index contributed by atoms with van der Waals surface area (Å²) in [6.45, 7) is 14.9. The van der Waals surface area contributed by atoms with Crippen molar-refractivity contribution >= 4 is 30.2 Å². The highest BCUT2D eigenvalue weighted by molar-refractivity contribution is 7.38. The molecule has 0 radical (unpaired) electrons. The second-order valence-corrected chi connectivity index (χ2v) is 13.0. The number of aromatic nitrogens is 3. The average Bonchev–Trinajstić information content (AvgIpc) is 3.35. The van der Waals surface area contributed by atoms with Crippen molar-refractivity contribution in [1.29, 1.82) is 0 Å². The van der Waals surface area contributed by atoms with Gasteiger partial charge in [-0.25, -0.2) is 4.68 Å². The maximum absolute atomic E-state index is 14.3. The topological polar surface area (TPSA) is 81.1 Å². The van der Waals surface area contributed by atoms with Gasteiger partial charge >= 0.3 is 0 Å². The molecule has 1 aromatic carbocycles. The van der Waals surface area contributed by atoms with Crippen LogP contribution in [0.5, 0.6) is 5.75 Å². The van der Waals surface area contributed by atoms with Gasteiger partial charge in [-0.1, -0.05) is 13.2 Å². The van der Waals surface area contributed by atoms with E-state index in [1.165, 1.54) is 13.8 Å². The van der Waals surface area contributed by atoms with Gasteiger partial charge in [0.25, 0.3) is 0 Å². The molecule has 0 aliphatic carbocycles. The Morgan fingerprint density at radius 1 is 1.19 bits per heavy atom. The molecule has 1 saturated heterocycles. The molecule has 1 amide bonds. The molecule has 0 spiro atoms. The van der Waals surface area contributed by atoms with Crippen LogP contribution in [0.25, 0.3) is 16.9 Å². The number of amides is 1. The second kappa shape index (κ2) is 10.00. The number of hydrogen-bond donors (Lipinski definition) is 2. The van der Waals surface area contributed by atoms with E-state index >= 15 is 0 Å². The van der Waals surface area contributed by atoms with E-state index in [2.05, 4.69) is 47.3 Å². The van der Waals surface area contributed by atoms with Crippen molar-refractivity contribution in [2.75, 3.05) is 11.9 Å². The minimum atomic E-state index is -1.84. The fraction of sp³-hybridized carbons (Fsp3) is 0.296. The molecule has 2 N–H and O–H groups in total. The van der Waals surface area contributed by atoms with Crippen LogP contribution in [0.2, 0.25) is 0 Å². The Hall–Kier alpha value is -3.08. The molecule has 1 aliphatic heterocycles. The summed E-state index contributed by atoms with van der Waals surface area (Å²) in [6, 6.07) is 9.25. The average molecular weight is 540 g/mol. The molecule has 194 valence electrons. The van der Waals surface area contributed by atoms with E-state index in [-0.39, 0.29) is 10.8 Å². The molecule has 3 aromatic rings. The molecule has 1 aliphatic rings. The van der Waals surface area contributed by atoms with Crippen molar-refractivity contribution in [3.05, 3.63) is 78.3 Å². The van der Waals surface area contributed by atoms with Gasteiger partial charge in [-0.05, 0) is 54.8 Å². The zero-order chi connectivity index (χ0) is 27.1. The van der Waals surface area contributed by atoms with Gasteiger partial charge in [0.1, 0.15) is 5.75 Å². The van der Waals surface area contributed by atoms with Crippen molar-refractivity contribution in [1.82, 2.24) is 20.1 Å². The van der Waals surface area contributed by atoms with Gasteiger partial charge in [-0.15, -0.1) is 23.6 Å². The highest BCUT2D eigenvalue weighted by Crippen LogP contribution is 2.39. The molecule has 2 unspecified atom stereocenters. The lowest BCUT2D eigenvalue weighted by Gasteiger charge is -2.20. The maximum atomic E-state index is 14.3. The third kappa shape index (κ3) is 6.26. The predicted molar refractivity (Wildman–Crippen MR) is 153 cm³/mol. The first-order valence-electron chi connectivity index (χ1n) is 11.8. The number of nitrogens with zero attached hydrogens (tertiary/aromatic N) is 3. The Labute approximate surface area is 221 Å². The van der Waals surface area contributed by atoms with Gasteiger partial charge in [0, 0.05) is 48.8 Å². The predicted octanol–water partition coefficient (Wildman–Crippen LogP) is 5.48. The van der Waals surface area contributed by atoms with E-state index in [4.69, 9.17) is 9.84 Å². The highest BCUT2D eigenvalue weighted by atomic mass is 31.1. The Bertz CT molecular complexity index is 1390. The first-order valence-corrected chi connectivity index (χ1v) is 12.9. The SMILES string of the molecule is C=C1NC[C@H](C(=O)Nc2cc(-c3cc(C)cc(OC(C)(C)F)c3)n(-c3cncc(C(C)(P)P)c3)n2)C1=C. The monoisotopic (exact) mass is 539 g/mol. The summed E-state index contributed by atoms with van der Waals surface area (Å²) in [4.78, 5) is 17.2. The van der Waals surface area contributed by atoms with Gasteiger partial charge in [0.2, 0.25) is 11.8 Å². The first kappa shape index (κ1) is 27.0. The summed E-state index contributed by atoms with van der Waals surface area (Å²) in [5.41, 5.74) is 5.31. The van der Waals surface area contributed by atoms with Gasteiger partial charge < -0.3 is 15.4 Å². The molecule has 2 aromatic heterocycles. The lowest BCUT2D eigenvalue weighted by Crippen LogP contribution is -2.25. The molecule has 3 heterocycles. The molecule has 10 heteroatoms. The minimum Gasteiger partial charge on any atom is -0.459 e. The highest BCUT2D eigenvalue weighted by Gasteiger charge is 2.29. The summed E-state index contributed by atoms with van der Waals surface area (Å²) in [7, 11) is 5.55. The summed E-state index contributed by atoms with van der Waals surface area (Å²) in [5, 5.41) is 10.7. The molecule has 3 atom stereocenters. The van der Waals surface area contributed by atoms with Gasteiger partial charge in [-0.2, -0.15) is 4.39 Å².